The SMILES string of the molecule is CN(C)CCOCCNC(=O)c1cc(Cl)ccc1F. The van der Waals surface area contributed by atoms with E-state index in [1.54, 1.807) is 0 Å². The number of carbonyl (C=O) groups excluding carboxylic acids is 1. The molecule has 0 aliphatic rings. The van der Waals surface area contributed by atoms with E-state index in [2.05, 4.69) is 5.32 Å². The molecule has 19 heavy (non-hydrogen) atoms. The molecule has 1 N–H and O–H groups in total. The van der Waals surface area contributed by atoms with Crippen LogP contribution in [0.15, 0.2) is 18.2 Å². The van der Waals surface area contributed by atoms with Gasteiger partial charge < -0.3 is 15.0 Å². The minimum Gasteiger partial charge on any atom is -0.378 e. The molecule has 0 bridgehead atoms. The molecule has 4 nitrogen and oxygen atoms in total. The second kappa shape index (κ2) is 8.09. The average molecular weight is 289 g/mol. The molecule has 0 radical (unpaired) electrons. The van der Waals surface area contributed by atoms with Gasteiger partial charge in [-0.1, -0.05) is 11.6 Å². The van der Waals surface area contributed by atoms with Gasteiger partial charge in [0.1, 0.15) is 5.82 Å². The van der Waals surface area contributed by atoms with E-state index in [-0.39, 0.29) is 5.56 Å². The minimum absolute atomic E-state index is 0.0548. The first-order chi connectivity index (χ1) is 9.00. The van der Waals surface area contributed by atoms with E-state index in [1.807, 2.05) is 19.0 Å². The van der Waals surface area contributed by atoms with E-state index in [1.165, 1.54) is 18.2 Å². The lowest BCUT2D eigenvalue weighted by molar-refractivity contribution is 0.0896. The van der Waals surface area contributed by atoms with Crippen molar-refractivity contribution in [2.45, 2.75) is 0 Å². The van der Waals surface area contributed by atoms with Crippen LogP contribution in [0.2, 0.25) is 5.02 Å². The van der Waals surface area contributed by atoms with Gasteiger partial charge in [0.25, 0.3) is 5.91 Å². The van der Waals surface area contributed by atoms with Crippen molar-refractivity contribution >= 4 is 17.5 Å². The van der Waals surface area contributed by atoms with Crippen molar-refractivity contribution in [2.24, 2.45) is 0 Å². The zero-order chi connectivity index (χ0) is 14.3. The second-order valence-corrected chi connectivity index (χ2v) is 4.73. The van der Waals surface area contributed by atoms with E-state index < -0.39 is 11.7 Å². The molecule has 0 atom stereocenters. The Bertz CT molecular complexity index is 427. The third kappa shape index (κ3) is 6.00. The first kappa shape index (κ1) is 15.9. The number of benzene rings is 1. The first-order valence-electron chi connectivity index (χ1n) is 5.96. The van der Waals surface area contributed by atoms with E-state index in [0.29, 0.717) is 24.8 Å². The zero-order valence-corrected chi connectivity index (χ0v) is 11.8. The number of carbonyl (C=O) groups is 1. The Labute approximate surface area is 117 Å². The summed E-state index contributed by atoms with van der Waals surface area (Å²) in [5.41, 5.74) is -0.0548. The number of likely N-dealkylation sites (N-methyl/N-ethyl adjacent to an activating group) is 1. The molecule has 0 saturated heterocycles. The Morgan fingerprint density at radius 1 is 1.42 bits per heavy atom. The number of amides is 1. The van der Waals surface area contributed by atoms with Gasteiger partial charge in [-0.05, 0) is 32.3 Å². The lowest BCUT2D eigenvalue weighted by Gasteiger charge is -2.10. The summed E-state index contributed by atoms with van der Waals surface area (Å²) >= 11 is 5.72. The van der Waals surface area contributed by atoms with Crippen molar-refractivity contribution < 1.29 is 13.9 Å². The molecule has 6 heteroatoms. The maximum atomic E-state index is 13.4. The maximum Gasteiger partial charge on any atom is 0.254 e. The molecule has 0 spiro atoms. The number of rotatable bonds is 7. The fraction of sp³-hybridized carbons (Fsp3) is 0.462. The topological polar surface area (TPSA) is 41.6 Å². The zero-order valence-electron chi connectivity index (χ0n) is 11.1. The Kier molecular flexibility index (Phi) is 6.77. The van der Waals surface area contributed by atoms with Gasteiger partial charge in [0, 0.05) is 18.1 Å². The van der Waals surface area contributed by atoms with Crippen molar-refractivity contribution in [2.75, 3.05) is 40.4 Å². The number of nitrogens with one attached hydrogen (secondary N) is 1. The Morgan fingerprint density at radius 3 is 2.84 bits per heavy atom. The monoisotopic (exact) mass is 288 g/mol. The predicted octanol–water partition coefficient (Wildman–Crippen LogP) is 1.79. The summed E-state index contributed by atoms with van der Waals surface area (Å²) in [5, 5.41) is 2.91. The van der Waals surface area contributed by atoms with Crippen LogP contribution in [-0.2, 0) is 4.74 Å². The van der Waals surface area contributed by atoms with Crippen molar-refractivity contribution in [3.8, 4) is 0 Å². The molecule has 1 aromatic rings. The van der Waals surface area contributed by atoms with Gasteiger partial charge in [0.15, 0.2) is 0 Å². The lowest BCUT2D eigenvalue weighted by Crippen LogP contribution is -2.29. The summed E-state index contributed by atoms with van der Waals surface area (Å²) in [6.45, 7) is 2.13. The predicted molar refractivity (Wildman–Crippen MR) is 73.1 cm³/mol. The molecule has 1 amide bonds. The highest BCUT2D eigenvalue weighted by atomic mass is 35.5. The average Bonchev–Trinajstić information content (AvgIpc) is 2.36. The van der Waals surface area contributed by atoms with E-state index >= 15 is 0 Å². The minimum atomic E-state index is -0.588. The van der Waals surface area contributed by atoms with Crippen molar-refractivity contribution in [1.82, 2.24) is 10.2 Å². The summed E-state index contributed by atoms with van der Waals surface area (Å²) in [6.07, 6.45) is 0. The summed E-state index contributed by atoms with van der Waals surface area (Å²) in [6, 6.07) is 3.88. The quantitative estimate of drug-likeness (QED) is 0.778. The van der Waals surface area contributed by atoms with Crippen LogP contribution in [0.25, 0.3) is 0 Å². The van der Waals surface area contributed by atoms with Crippen LogP contribution in [0, 0.1) is 5.82 Å². The Morgan fingerprint density at radius 2 is 2.16 bits per heavy atom. The number of hydrogen-bond acceptors (Lipinski definition) is 3. The first-order valence-corrected chi connectivity index (χ1v) is 6.34. The summed E-state index contributed by atoms with van der Waals surface area (Å²) in [5.74, 6) is -1.08. The van der Waals surface area contributed by atoms with E-state index in [9.17, 15) is 9.18 Å². The fourth-order valence-electron chi connectivity index (χ4n) is 1.35. The van der Waals surface area contributed by atoms with Gasteiger partial charge >= 0.3 is 0 Å². The number of ether oxygens (including phenoxy) is 1. The Hall–Kier alpha value is -1.17. The molecule has 0 unspecified atom stereocenters. The smallest absolute Gasteiger partial charge is 0.254 e. The molecule has 1 rings (SSSR count). The third-order valence-electron chi connectivity index (χ3n) is 2.39. The second-order valence-electron chi connectivity index (χ2n) is 4.30. The number of halogens is 2. The van der Waals surface area contributed by atoms with Gasteiger partial charge in [0.05, 0.1) is 18.8 Å². The highest BCUT2D eigenvalue weighted by Gasteiger charge is 2.11. The van der Waals surface area contributed by atoms with Crippen LogP contribution in [0.4, 0.5) is 4.39 Å². The number of hydrogen-bond donors (Lipinski definition) is 1. The van der Waals surface area contributed by atoms with Gasteiger partial charge in [-0.25, -0.2) is 4.39 Å². The van der Waals surface area contributed by atoms with Crippen molar-refractivity contribution in [3.05, 3.63) is 34.6 Å². The maximum absolute atomic E-state index is 13.4. The molecular weight excluding hydrogens is 271 g/mol. The molecule has 0 fully saturated rings. The standard InChI is InChI=1S/C13H18ClFN2O2/c1-17(2)6-8-19-7-5-16-13(18)11-9-10(14)3-4-12(11)15/h3-4,9H,5-8H2,1-2H3,(H,16,18). The van der Waals surface area contributed by atoms with Crippen LogP contribution in [0.1, 0.15) is 10.4 Å². The van der Waals surface area contributed by atoms with Crippen LogP contribution in [0.5, 0.6) is 0 Å². The highest BCUT2D eigenvalue weighted by molar-refractivity contribution is 6.30. The van der Waals surface area contributed by atoms with Crippen molar-refractivity contribution in [1.29, 1.82) is 0 Å². The van der Waals surface area contributed by atoms with Crippen LogP contribution >= 0.6 is 11.6 Å². The fourth-order valence-corrected chi connectivity index (χ4v) is 1.52. The molecule has 0 heterocycles. The van der Waals surface area contributed by atoms with Crippen LogP contribution in [0.3, 0.4) is 0 Å². The summed E-state index contributed by atoms with van der Waals surface area (Å²) in [7, 11) is 3.90. The highest BCUT2D eigenvalue weighted by Crippen LogP contribution is 2.14. The molecule has 1 aromatic carbocycles. The molecule has 106 valence electrons. The van der Waals surface area contributed by atoms with Crippen LogP contribution in [-0.4, -0.2) is 51.2 Å². The summed E-state index contributed by atoms with van der Waals surface area (Å²) in [4.78, 5) is 13.7. The van der Waals surface area contributed by atoms with Gasteiger partial charge in [0.2, 0.25) is 0 Å². The third-order valence-corrected chi connectivity index (χ3v) is 2.62. The Balaban J connectivity index is 2.29. The summed E-state index contributed by atoms with van der Waals surface area (Å²) < 4.78 is 18.7. The van der Waals surface area contributed by atoms with Gasteiger partial charge in [-0.15, -0.1) is 0 Å². The van der Waals surface area contributed by atoms with Gasteiger partial charge in [-0.3, -0.25) is 4.79 Å². The van der Waals surface area contributed by atoms with E-state index in [4.69, 9.17) is 16.3 Å². The molecule has 0 aliphatic carbocycles. The normalized spacial score (nSPS) is 10.8. The lowest BCUT2D eigenvalue weighted by atomic mass is 10.2. The van der Waals surface area contributed by atoms with Crippen LogP contribution < -0.4 is 5.32 Å². The molecule has 0 aromatic heterocycles. The molecular formula is C13H18ClFN2O2. The molecule has 0 aliphatic heterocycles. The van der Waals surface area contributed by atoms with Gasteiger partial charge in [-0.2, -0.15) is 0 Å². The number of nitrogens with zero attached hydrogens (tertiary/aromatic N) is 1. The molecule has 0 saturated carbocycles. The van der Waals surface area contributed by atoms with Crippen molar-refractivity contribution in [3.63, 3.8) is 0 Å². The van der Waals surface area contributed by atoms with E-state index in [0.717, 1.165) is 6.54 Å². The largest absolute Gasteiger partial charge is 0.378 e.